The van der Waals surface area contributed by atoms with Crippen molar-refractivity contribution < 1.29 is 17.6 Å². The van der Waals surface area contributed by atoms with Crippen LogP contribution in [0, 0.1) is 5.82 Å². The third-order valence-electron chi connectivity index (χ3n) is 5.85. The minimum atomic E-state index is -3.95. The van der Waals surface area contributed by atoms with Gasteiger partial charge in [0.25, 0.3) is 5.91 Å². The molecule has 1 amide bonds. The molecule has 1 aromatic heterocycles. The second-order valence-corrected chi connectivity index (χ2v) is 10.5. The first-order valence-electron chi connectivity index (χ1n) is 10.1. The average molecular weight is 437 g/mol. The summed E-state index contributed by atoms with van der Waals surface area (Å²) in [6.45, 7) is 3.40. The summed E-state index contributed by atoms with van der Waals surface area (Å²) in [7, 11) is -3.95. The Morgan fingerprint density at radius 1 is 1.17 bits per heavy atom. The van der Waals surface area contributed by atoms with Crippen LogP contribution in [0.1, 0.15) is 59.4 Å². The minimum Gasteiger partial charge on any atom is -0.331 e. The monoisotopic (exact) mass is 436 g/mol. The summed E-state index contributed by atoms with van der Waals surface area (Å²) < 4.78 is 41.8. The summed E-state index contributed by atoms with van der Waals surface area (Å²) >= 11 is 1.71. The van der Waals surface area contributed by atoms with Crippen molar-refractivity contribution in [2.75, 3.05) is 19.6 Å². The SMILES string of the molecule is CCC1c2ccsc2CCN1C(=O)c1ccc(F)c(S(=O)(=O)N2CCCCC2)c1. The predicted octanol–water partition coefficient (Wildman–Crippen LogP) is 4.21. The molecule has 2 aliphatic heterocycles. The van der Waals surface area contributed by atoms with E-state index in [1.54, 1.807) is 16.2 Å². The molecule has 5 nitrogen and oxygen atoms in total. The van der Waals surface area contributed by atoms with E-state index in [1.165, 1.54) is 26.9 Å². The van der Waals surface area contributed by atoms with Crippen LogP contribution in [-0.4, -0.2) is 43.2 Å². The van der Waals surface area contributed by atoms with Crippen molar-refractivity contribution >= 4 is 27.3 Å². The van der Waals surface area contributed by atoms with Gasteiger partial charge in [-0.25, -0.2) is 12.8 Å². The molecule has 0 bridgehead atoms. The lowest BCUT2D eigenvalue weighted by molar-refractivity contribution is 0.0657. The molecule has 1 unspecified atom stereocenters. The van der Waals surface area contributed by atoms with Crippen LogP contribution >= 0.6 is 11.3 Å². The summed E-state index contributed by atoms with van der Waals surface area (Å²) in [6, 6.07) is 5.74. The van der Waals surface area contributed by atoms with Crippen molar-refractivity contribution in [1.29, 1.82) is 0 Å². The van der Waals surface area contributed by atoms with Gasteiger partial charge in [-0.15, -0.1) is 11.3 Å². The van der Waals surface area contributed by atoms with Crippen LogP contribution in [-0.2, 0) is 16.4 Å². The second kappa shape index (κ2) is 8.16. The molecule has 0 aliphatic carbocycles. The fourth-order valence-corrected chi connectivity index (χ4v) is 6.86. The van der Waals surface area contributed by atoms with Crippen molar-refractivity contribution in [2.45, 2.75) is 50.0 Å². The van der Waals surface area contributed by atoms with Crippen molar-refractivity contribution in [3.05, 3.63) is 51.5 Å². The van der Waals surface area contributed by atoms with Gasteiger partial charge in [0.15, 0.2) is 0 Å². The Labute approximate surface area is 175 Å². The number of fused-ring (bicyclic) bond motifs is 1. The van der Waals surface area contributed by atoms with Crippen LogP contribution < -0.4 is 0 Å². The van der Waals surface area contributed by atoms with Gasteiger partial charge >= 0.3 is 0 Å². The number of piperidine rings is 1. The summed E-state index contributed by atoms with van der Waals surface area (Å²) in [4.78, 5) is 16.0. The molecule has 156 valence electrons. The number of thiophene rings is 1. The molecule has 8 heteroatoms. The van der Waals surface area contributed by atoms with Crippen LogP contribution in [0.15, 0.2) is 34.5 Å². The summed E-state index contributed by atoms with van der Waals surface area (Å²) in [5.41, 5.74) is 1.39. The molecular formula is C21H25FN2O3S2. The molecule has 0 radical (unpaired) electrons. The summed E-state index contributed by atoms with van der Waals surface area (Å²) in [6.07, 6.45) is 4.08. The number of halogens is 1. The number of amides is 1. The minimum absolute atomic E-state index is 0.0373. The quantitative estimate of drug-likeness (QED) is 0.721. The van der Waals surface area contributed by atoms with Crippen LogP contribution in [0.2, 0.25) is 0 Å². The van der Waals surface area contributed by atoms with Crippen molar-refractivity contribution in [2.24, 2.45) is 0 Å². The van der Waals surface area contributed by atoms with E-state index in [2.05, 4.69) is 6.07 Å². The van der Waals surface area contributed by atoms with Gasteiger partial charge in [-0.05, 0) is 60.9 Å². The molecule has 1 saturated heterocycles. The van der Waals surface area contributed by atoms with E-state index in [9.17, 15) is 17.6 Å². The zero-order chi connectivity index (χ0) is 20.6. The van der Waals surface area contributed by atoms with Gasteiger partial charge in [-0.3, -0.25) is 4.79 Å². The van der Waals surface area contributed by atoms with Crippen LogP contribution in [0.5, 0.6) is 0 Å². The number of carbonyl (C=O) groups excluding carboxylic acids is 1. The van der Waals surface area contributed by atoms with Gasteiger partial charge in [-0.2, -0.15) is 4.31 Å². The van der Waals surface area contributed by atoms with E-state index in [0.29, 0.717) is 19.6 Å². The largest absolute Gasteiger partial charge is 0.331 e. The molecular weight excluding hydrogens is 411 g/mol. The maximum atomic E-state index is 14.5. The second-order valence-electron chi connectivity index (χ2n) is 7.58. The van der Waals surface area contributed by atoms with Crippen LogP contribution in [0.25, 0.3) is 0 Å². The predicted molar refractivity (Wildman–Crippen MR) is 111 cm³/mol. The van der Waals surface area contributed by atoms with Crippen LogP contribution in [0.3, 0.4) is 0 Å². The smallest absolute Gasteiger partial charge is 0.254 e. The van der Waals surface area contributed by atoms with Crippen molar-refractivity contribution in [3.8, 4) is 0 Å². The van der Waals surface area contributed by atoms with Gasteiger partial charge in [0.05, 0.1) is 6.04 Å². The lowest BCUT2D eigenvalue weighted by atomic mass is 9.97. The van der Waals surface area contributed by atoms with E-state index in [1.807, 2.05) is 12.3 Å². The maximum Gasteiger partial charge on any atom is 0.254 e. The van der Waals surface area contributed by atoms with Crippen molar-refractivity contribution in [1.82, 2.24) is 9.21 Å². The Hall–Kier alpha value is -1.77. The molecule has 3 heterocycles. The van der Waals surface area contributed by atoms with Crippen LogP contribution in [0.4, 0.5) is 4.39 Å². The standard InChI is InChI=1S/C21H25FN2O3S2/c1-2-18-16-9-13-28-19(16)8-12-24(18)21(25)15-6-7-17(22)20(14-15)29(26,27)23-10-4-3-5-11-23/h6-7,9,13-14,18H,2-5,8,10-12H2,1H3. The first kappa shape index (κ1) is 20.5. The van der Waals surface area contributed by atoms with E-state index in [0.717, 1.165) is 38.2 Å². The molecule has 4 rings (SSSR count). The number of nitrogens with zero attached hydrogens (tertiary/aromatic N) is 2. The average Bonchev–Trinajstić information content (AvgIpc) is 3.22. The number of carbonyl (C=O) groups is 1. The molecule has 1 aromatic carbocycles. The maximum absolute atomic E-state index is 14.5. The Morgan fingerprint density at radius 3 is 2.66 bits per heavy atom. The number of sulfonamides is 1. The Morgan fingerprint density at radius 2 is 1.93 bits per heavy atom. The van der Waals surface area contributed by atoms with Crippen molar-refractivity contribution in [3.63, 3.8) is 0 Å². The molecule has 2 aromatic rings. The lowest BCUT2D eigenvalue weighted by Crippen LogP contribution is -2.39. The third-order valence-corrected chi connectivity index (χ3v) is 8.76. The highest BCUT2D eigenvalue weighted by Crippen LogP contribution is 2.36. The van der Waals surface area contributed by atoms with E-state index >= 15 is 0 Å². The Kier molecular flexibility index (Phi) is 5.77. The fraction of sp³-hybridized carbons (Fsp3) is 0.476. The topological polar surface area (TPSA) is 57.7 Å². The first-order chi connectivity index (χ1) is 13.9. The van der Waals surface area contributed by atoms with E-state index in [4.69, 9.17) is 0 Å². The highest BCUT2D eigenvalue weighted by Gasteiger charge is 2.33. The first-order valence-corrected chi connectivity index (χ1v) is 12.4. The molecule has 29 heavy (non-hydrogen) atoms. The third kappa shape index (κ3) is 3.73. The Bertz CT molecular complexity index is 1010. The lowest BCUT2D eigenvalue weighted by Gasteiger charge is -2.35. The zero-order valence-corrected chi connectivity index (χ0v) is 18.1. The van der Waals surface area contributed by atoms with Gasteiger partial charge in [0.2, 0.25) is 10.0 Å². The normalized spacial score (nSPS) is 20.5. The number of hydrogen-bond acceptors (Lipinski definition) is 4. The summed E-state index contributed by atoms with van der Waals surface area (Å²) in [5, 5.41) is 2.04. The number of hydrogen-bond donors (Lipinski definition) is 0. The molecule has 0 N–H and O–H groups in total. The van der Waals surface area contributed by atoms with Gasteiger partial charge in [-0.1, -0.05) is 13.3 Å². The van der Waals surface area contributed by atoms with Gasteiger partial charge in [0.1, 0.15) is 10.7 Å². The van der Waals surface area contributed by atoms with Gasteiger partial charge in [0, 0.05) is 30.1 Å². The van der Waals surface area contributed by atoms with Gasteiger partial charge < -0.3 is 4.90 Å². The fourth-order valence-electron chi connectivity index (χ4n) is 4.32. The number of benzene rings is 1. The zero-order valence-electron chi connectivity index (χ0n) is 16.4. The molecule has 0 spiro atoms. The molecule has 2 aliphatic rings. The number of rotatable bonds is 4. The highest BCUT2D eigenvalue weighted by atomic mass is 32.2. The van der Waals surface area contributed by atoms with E-state index < -0.39 is 20.7 Å². The molecule has 1 atom stereocenters. The van der Waals surface area contributed by atoms with E-state index in [-0.39, 0.29) is 17.5 Å². The molecule has 0 saturated carbocycles. The Balaban J connectivity index is 1.66. The highest BCUT2D eigenvalue weighted by molar-refractivity contribution is 7.89. The summed E-state index contributed by atoms with van der Waals surface area (Å²) in [5.74, 6) is -1.05. The molecule has 1 fully saturated rings.